The number of pyridine rings is 1. The molecule has 0 aliphatic rings. The normalized spacial score (nSPS) is 14.1. The van der Waals surface area contributed by atoms with Crippen LogP contribution >= 0.6 is 18.8 Å². The van der Waals surface area contributed by atoms with Crippen molar-refractivity contribution in [2.75, 3.05) is 12.0 Å². The van der Waals surface area contributed by atoms with Gasteiger partial charge in [-0.2, -0.15) is 0 Å². The Morgan fingerprint density at radius 1 is 1.03 bits per heavy atom. The van der Waals surface area contributed by atoms with Crippen molar-refractivity contribution in [3.05, 3.63) is 93.2 Å². The van der Waals surface area contributed by atoms with Gasteiger partial charge in [0, 0.05) is 6.42 Å². The number of benzene rings is 3. The van der Waals surface area contributed by atoms with Crippen molar-refractivity contribution < 1.29 is 35.8 Å². The number of aromatic hydroxyl groups is 1. The molecule has 0 aliphatic heterocycles. The number of ether oxygens (including phenoxy) is 1. The van der Waals surface area contributed by atoms with Crippen LogP contribution in [0.4, 0.5) is 0 Å². The van der Waals surface area contributed by atoms with E-state index in [-0.39, 0.29) is 37.9 Å². The van der Waals surface area contributed by atoms with Gasteiger partial charge in [0.2, 0.25) is 0 Å². The van der Waals surface area contributed by atoms with Crippen molar-refractivity contribution in [1.82, 2.24) is 10.3 Å². The number of amides is 1. The molecule has 3 N–H and O–H groups in total. The van der Waals surface area contributed by atoms with E-state index in [1.165, 1.54) is 36.3 Å². The molecule has 11 heteroatoms. The zero-order valence-corrected chi connectivity index (χ0v) is 23.0. The summed E-state index contributed by atoms with van der Waals surface area (Å²) in [6, 6.07) is 17.3. The molecule has 0 aliphatic carbocycles. The molecule has 1 aromatic heterocycles. The van der Waals surface area contributed by atoms with Crippen molar-refractivity contribution in [2.45, 2.75) is 12.5 Å². The van der Waals surface area contributed by atoms with E-state index in [9.17, 15) is 31.1 Å². The van der Waals surface area contributed by atoms with Crippen LogP contribution in [0.3, 0.4) is 0 Å². The van der Waals surface area contributed by atoms with Crippen LogP contribution in [0.2, 0.25) is 0 Å². The van der Waals surface area contributed by atoms with Crippen LogP contribution in [0.1, 0.15) is 26.4 Å². The second kappa shape index (κ2) is 11.3. The van der Waals surface area contributed by atoms with Gasteiger partial charge in [0.05, 0.1) is 7.11 Å². The third-order valence-electron chi connectivity index (χ3n) is 5.99. The molecule has 0 fully saturated rings. The van der Waals surface area contributed by atoms with Crippen molar-refractivity contribution >= 4 is 47.6 Å². The molecule has 4 aromatic rings. The maximum absolute atomic E-state index is 13.1. The number of fused-ring (bicyclic) bond motifs is 1. The molecule has 1 amide bonds. The van der Waals surface area contributed by atoms with Gasteiger partial charge >= 0.3 is 165 Å². The number of phenols is 1. The van der Waals surface area contributed by atoms with E-state index in [1.54, 1.807) is 42.5 Å². The number of aromatic carboxylic acids is 1. The topological polar surface area (TPSA) is 166 Å². The van der Waals surface area contributed by atoms with Crippen molar-refractivity contribution in [1.29, 1.82) is 0 Å². The van der Waals surface area contributed by atoms with Gasteiger partial charge in [0.25, 0.3) is 0 Å². The van der Waals surface area contributed by atoms with E-state index in [2.05, 4.69) is 10.3 Å². The van der Waals surface area contributed by atoms with Gasteiger partial charge < -0.3 is 9.84 Å². The van der Waals surface area contributed by atoms with Crippen LogP contribution in [0.25, 0.3) is 22.0 Å². The molecule has 2 atom stereocenters. The zero-order chi connectivity index (χ0) is 28.3. The predicted molar refractivity (Wildman–Crippen MR) is 149 cm³/mol. The monoisotopic (exact) mass is 643 g/mol. The van der Waals surface area contributed by atoms with E-state index in [1.807, 2.05) is 0 Å². The van der Waals surface area contributed by atoms with Crippen LogP contribution in [-0.4, -0.2) is 51.1 Å². The number of alkyl halides is 1. The Hall–Kier alpha value is -4.23. The molecule has 4 rings (SSSR count). The minimum absolute atomic E-state index is 0.0477. The first kappa shape index (κ1) is 27.8. The summed E-state index contributed by atoms with van der Waals surface area (Å²) >= 11 is -4.49. The molecule has 0 saturated heterocycles. The molecular formula is C28H24IN2O8-. The first-order valence-electron chi connectivity index (χ1n) is 11.5. The number of methoxy groups -OCH3 is 1. The number of carbonyl (C=O) groups excluding carboxylic acids is 2. The summed E-state index contributed by atoms with van der Waals surface area (Å²) in [5.74, 6) is -2.73. The number of hydrogen-bond donors (Lipinski definition) is 3. The summed E-state index contributed by atoms with van der Waals surface area (Å²) < 4.78 is 29.1. The molecule has 10 nitrogen and oxygen atoms in total. The molecule has 0 saturated carbocycles. The zero-order valence-electron chi connectivity index (χ0n) is 20.9. The average Bonchev–Trinajstić information content (AvgIpc) is 2.91. The Morgan fingerprint density at radius 3 is 2.36 bits per heavy atom. The van der Waals surface area contributed by atoms with Crippen LogP contribution < -0.4 is 8.75 Å². The molecule has 1 unspecified atom stereocenters. The SMILES string of the molecule is COC(=O)[C@H](Cc1ccc(O)cc1)NC(=O)c1cc(C(=O)O)c2cc(-c3cccc(I(C)(=O)[O-])c3)ccc2n1. The average molecular weight is 643 g/mol. The number of halogens is 1. The number of esters is 1. The van der Waals surface area contributed by atoms with E-state index >= 15 is 0 Å². The molecule has 202 valence electrons. The fourth-order valence-corrected chi connectivity index (χ4v) is 5.78. The third-order valence-corrected chi connectivity index (χ3v) is 8.93. The molecule has 0 spiro atoms. The molecular weight excluding hydrogens is 619 g/mol. The van der Waals surface area contributed by atoms with Crippen molar-refractivity contribution in [3.8, 4) is 16.9 Å². The van der Waals surface area contributed by atoms with E-state index in [0.29, 0.717) is 16.7 Å². The second-order valence-electron chi connectivity index (χ2n) is 8.74. The number of rotatable bonds is 8. The molecule has 0 bridgehead atoms. The van der Waals surface area contributed by atoms with Crippen molar-refractivity contribution in [2.24, 2.45) is 0 Å². The first-order valence-corrected chi connectivity index (χ1v) is 16.5. The summed E-state index contributed by atoms with van der Waals surface area (Å²) in [7, 11) is 1.18. The van der Waals surface area contributed by atoms with Crippen LogP contribution in [0, 0.1) is 3.57 Å². The van der Waals surface area contributed by atoms with Crippen LogP contribution in [0.5, 0.6) is 5.75 Å². The van der Waals surface area contributed by atoms with Gasteiger partial charge in [-0.25, -0.2) is 4.79 Å². The Balaban J connectivity index is 1.69. The van der Waals surface area contributed by atoms with E-state index < -0.39 is 42.7 Å². The number of hydrogen-bond acceptors (Lipinski definition) is 8. The summed E-state index contributed by atoms with van der Waals surface area (Å²) in [6.07, 6.45) is 0.0654. The number of nitrogens with one attached hydrogen (secondary N) is 1. The van der Waals surface area contributed by atoms with Gasteiger partial charge in [0.1, 0.15) is 5.75 Å². The number of nitrogens with zero attached hydrogens (tertiary/aromatic N) is 1. The van der Waals surface area contributed by atoms with E-state index in [4.69, 9.17) is 4.74 Å². The molecule has 0 radical (unpaired) electrons. The Morgan fingerprint density at radius 2 is 1.72 bits per heavy atom. The van der Waals surface area contributed by atoms with Gasteiger partial charge in [-0.05, 0) is 17.7 Å². The number of carboxylic acids is 1. The van der Waals surface area contributed by atoms with Crippen molar-refractivity contribution in [3.63, 3.8) is 0 Å². The standard InChI is InChI=1S/C28H25IN2O8/c1-29(37,38)19-5-3-4-17(13-19)18-8-11-23-21(14-18)22(27(34)35)15-24(30-23)26(33)31-25(28(36)39-2)12-16-6-9-20(32)10-7-16/h3-11,13-15,25,32H,12H2,1-2H3,(H,31,33)(H,34,35)(H,37,38)/p-1/t25-/m0/s1. The predicted octanol–water partition coefficient (Wildman–Crippen LogP) is 3.28. The fourth-order valence-electron chi connectivity index (χ4n) is 4.02. The quantitative estimate of drug-likeness (QED) is 0.148. The van der Waals surface area contributed by atoms with Gasteiger partial charge in [-0.3, -0.25) is 0 Å². The van der Waals surface area contributed by atoms with Gasteiger partial charge in [0.15, 0.2) is 0 Å². The minimum atomic E-state index is -4.49. The van der Waals surface area contributed by atoms with Gasteiger partial charge in [-0.1, -0.05) is 12.1 Å². The number of aromatic nitrogens is 1. The third kappa shape index (κ3) is 6.44. The number of phenolic OH excluding ortho intramolecular Hbond substituents is 1. The molecule has 39 heavy (non-hydrogen) atoms. The fraction of sp³-hybridized carbons (Fsp3) is 0.143. The summed E-state index contributed by atoms with van der Waals surface area (Å²) in [6.45, 7) is 0. The second-order valence-corrected chi connectivity index (χ2v) is 14.1. The molecule has 1 heterocycles. The summed E-state index contributed by atoms with van der Waals surface area (Å²) in [5.41, 5.74) is 1.64. The summed E-state index contributed by atoms with van der Waals surface area (Å²) in [4.78, 5) is 43.1. The van der Waals surface area contributed by atoms with E-state index in [0.717, 1.165) is 6.07 Å². The number of carbonyl (C=O) groups is 3. The van der Waals surface area contributed by atoms with Crippen LogP contribution in [0.15, 0.2) is 72.8 Å². The summed E-state index contributed by atoms with van der Waals surface area (Å²) in [5, 5.41) is 22.2. The van der Waals surface area contributed by atoms with Crippen LogP contribution in [-0.2, 0) is 19.0 Å². The Bertz CT molecular complexity index is 1630. The number of carboxylic acid groups (broad SMARTS) is 1. The maximum atomic E-state index is 13.1. The first-order chi connectivity index (χ1) is 18.5. The Kier molecular flexibility index (Phi) is 8.02. The molecule has 3 aromatic carbocycles. The van der Waals surface area contributed by atoms with Gasteiger partial charge in [-0.15, -0.1) is 0 Å². The Labute approximate surface area is 227 Å².